The van der Waals surface area contributed by atoms with Gasteiger partial charge in [0.1, 0.15) is 5.65 Å². The summed E-state index contributed by atoms with van der Waals surface area (Å²) >= 11 is 6.24. The predicted molar refractivity (Wildman–Crippen MR) is 70.8 cm³/mol. The Labute approximate surface area is 110 Å². The van der Waals surface area contributed by atoms with Crippen molar-refractivity contribution in [1.82, 2.24) is 15.3 Å². The Balaban J connectivity index is 1.88. The van der Waals surface area contributed by atoms with Crippen molar-refractivity contribution in [3.8, 4) is 0 Å². The summed E-state index contributed by atoms with van der Waals surface area (Å²) in [7, 11) is 0. The average molecular weight is 264 g/mol. The summed E-state index contributed by atoms with van der Waals surface area (Å²) in [5.41, 5.74) is 1.16. The maximum Gasteiger partial charge on any atom is 0.254 e. The second kappa shape index (κ2) is 4.61. The van der Waals surface area contributed by atoms with Gasteiger partial charge in [0.25, 0.3) is 5.91 Å². The molecule has 0 unspecified atom stereocenters. The maximum absolute atomic E-state index is 12.1. The van der Waals surface area contributed by atoms with E-state index in [2.05, 4.69) is 15.3 Å². The molecule has 4 nitrogen and oxygen atoms in total. The van der Waals surface area contributed by atoms with E-state index in [0.29, 0.717) is 16.2 Å². The van der Waals surface area contributed by atoms with Crippen LogP contribution in [0.25, 0.3) is 11.0 Å². The molecule has 18 heavy (non-hydrogen) atoms. The lowest BCUT2D eigenvalue weighted by Crippen LogP contribution is -2.32. The molecule has 0 atom stereocenters. The highest BCUT2D eigenvalue weighted by atomic mass is 35.5. The number of fused-ring (bicyclic) bond motifs is 1. The first-order chi connectivity index (χ1) is 8.75. The molecule has 94 valence electrons. The van der Waals surface area contributed by atoms with Crippen molar-refractivity contribution in [2.24, 2.45) is 0 Å². The van der Waals surface area contributed by atoms with Crippen LogP contribution < -0.4 is 5.32 Å². The molecule has 0 aliphatic heterocycles. The zero-order chi connectivity index (χ0) is 12.5. The van der Waals surface area contributed by atoms with Crippen LogP contribution in [0.2, 0.25) is 5.02 Å². The van der Waals surface area contributed by atoms with E-state index in [-0.39, 0.29) is 11.9 Å². The average Bonchev–Trinajstić information content (AvgIpc) is 2.99. The fraction of sp³-hybridized carbons (Fsp3) is 0.385. The van der Waals surface area contributed by atoms with Crippen LogP contribution >= 0.6 is 11.6 Å². The summed E-state index contributed by atoms with van der Waals surface area (Å²) in [5, 5.41) is 4.28. The van der Waals surface area contributed by atoms with Crippen molar-refractivity contribution in [2.45, 2.75) is 31.7 Å². The van der Waals surface area contributed by atoms with Crippen molar-refractivity contribution in [2.75, 3.05) is 0 Å². The number of nitrogens with zero attached hydrogens (tertiary/aromatic N) is 1. The molecule has 3 rings (SSSR count). The largest absolute Gasteiger partial charge is 0.349 e. The van der Waals surface area contributed by atoms with Crippen molar-refractivity contribution in [3.05, 3.63) is 29.0 Å². The van der Waals surface area contributed by atoms with E-state index in [0.717, 1.165) is 18.2 Å². The van der Waals surface area contributed by atoms with E-state index in [1.54, 1.807) is 6.20 Å². The molecule has 1 saturated carbocycles. The van der Waals surface area contributed by atoms with Gasteiger partial charge >= 0.3 is 0 Å². The van der Waals surface area contributed by atoms with Crippen LogP contribution in [0.3, 0.4) is 0 Å². The Morgan fingerprint density at radius 2 is 2.22 bits per heavy atom. The quantitative estimate of drug-likeness (QED) is 0.875. The summed E-state index contributed by atoms with van der Waals surface area (Å²) in [5.74, 6) is -0.123. The number of hydrogen-bond acceptors (Lipinski definition) is 2. The van der Waals surface area contributed by atoms with E-state index in [1.165, 1.54) is 19.0 Å². The Kier molecular flexibility index (Phi) is 2.96. The summed E-state index contributed by atoms with van der Waals surface area (Å²) in [6.45, 7) is 0. The summed E-state index contributed by atoms with van der Waals surface area (Å²) in [6.07, 6.45) is 7.79. The van der Waals surface area contributed by atoms with Gasteiger partial charge in [-0.25, -0.2) is 4.98 Å². The number of carbonyl (C=O) groups is 1. The minimum absolute atomic E-state index is 0.123. The molecule has 2 N–H and O–H groups in total. The van der Waals surface area contributed by atoms with Crippen LogP contribution in [0.1, 0.15) is 36.0 Å². The van der Waals surface area contributed by atoms with Gasteiger partial charge in [-0.1, -0.05) is 24.4 Å². The first-order valence-corrected chi connectivity index (χ1v) is 6.56. The predicted octanol–water partition coefficient (Wildman–Crippen LogP) is 2.89. The Morgan fingerprint density at radius 1 is 1.44 bits per heavy atom. The van der Waals surface area contributed by atoms with E-state index in [9.17, 15) is 4.79 Å². The van der Waals surface area contributed by atoms with Gasteiger partial charge in [-0.15, -0.1) is 0 Å². The number of carbonyl (C=O) groups excluding carboxylic acids is 1. The van der Waals surface area contributed by atoms with Gasteiger partial charge in [-0.3, -0.25) is 4.79 Å². The number of rotatable bonds is 2. The minimum atomic E-state index is -0.123. The highest BCUT2D eigenvalue weighted by Gasteiger charge is 2.20. The molecular weight excluding hydrogens is 250 g/mol. The summed E-state index contributed by atoms with van der Waals surface area (Å²) in [6, 6.07) is 2.12. The molecule has 0 aromatic carbocycles. The third-order valence-electron chi connectivity index (χ3n) is 3.46. The number of H-pyrrole nitrogens is 1. The van der Waals surface area contributed by atoms with Crippen LogP contribution in [0, 0.1) is 0 Å². The first-order valence-electron chi connectivity index (χ1n) is 6.18. The van der Waals surface area contributed by atoms with Gasteiger partial charge in [0.15, 0.2) is 0 Å². The number of halogens is 1. The van der Waals surface area contributed by atoms with E-state index in [4.69, 9.17) is 11.6 Å². The van der Waals surface area contributed by atoms with Gasteiger partial charge in [0.05, 0.1) is 10.6 Å². The molecule has 1 aliphatic rings. The Bertz CT molecular complexity index is 587. The fourth-order valence-corrected chi connectivity index (χ4v) is 2.75. The zero-order valence-corrected chi connectivity index (χ0v) is 10.6. The van der Waals surface area contributed by atoms with Crippen molar-refractivity contribution < 1.29 is 4.79 Å². The number of nitrogens with one attached hydrogen (secondary N) is 2. The van der Waals surface area contributed by atoms with Gasteiger partial charge in [0, 0.05) is 23.8 Å². The minimum Gasteiger partial charge on any atom is -0.349 e. The van der Waals surface area contributed by atoms with Crippen LogP contribution in [-0.4, -0.2) is 21.9 Å². The topological polar surface area (TPSA) is 57.8 Å². The molecule has 0 radical (unpaired) electrons. The lowest BCUT2D eigenvalue weighted by molar-refractivity contribution is 0.0938. The van der Waals surface area contributed by atoms with Gasteiger partial charge in [0.2, 0.25) is 0 Å². The molecule has 5 heteroatoms. The number of pyridine rings is 1. The number of hydrogen-bond donors (Lipinski definition) is 2. The molecule has 1 aliphatic carbocycles. The second-order valence-electron chi connectivity index (χ2n) is 4.68. The van der Waals surface area contributed by atoms with Crippen molar-refractivity contribution in [3.63, 3.8) is 0 Å². The molecule has 0 spiro atoms. The molecule has 2 heterocycles. The maximum atomic E-state index is 12.1. The Hall–Kier alpha value is -1.55. The number of amides is 1. The van der Waals surface area contributed by atoms with Gasteiger partial charge in [-0.2, -0.15) is 0 Å². The summed E-state index contributed by atoms with van der Waals surface area (Å²) in [4.78, 5) is 19.3. The van der Waals surface area contributed by atoms with Crippen LogP contribution in [0.4, 0.5) is 0 Å². The van der Waals surface area contributed by atoms with Gasteiger partial charge < -0.3 is 10.3 Å². The molecule has 0 saturated heterocycles. The van der Waals surface area contributed by atoms with E-state index >= 15 is 0 Å². The monoisotopic (exact) mass is 263 g/mol. The summed E-state index contributed by atoms with van der Waals surface area (Å²) < 4.78 is 0. The Morgan fingerprint density at radius 3 is 3.00 bits per heavy atom. The number of aromatic nitrogens is 2. The standard InChI is InChI=1S/C13H14ClN3O/c14-11-9-5-6-15-12(9)16-7-10(11)13(18)17-8-3-1-2-4-8/h5-8H,1-4H2,(H,15,16)(H,17,18). The van der Waals surface area contributed by atoms with Crippen molar-refractivity contribution >= 4 is 28.5 Å². The third kappa shape index (κ3) is 1.97. The molecule has 1 fully saturated rings. The van der Waals surface area contributed by atoms with Gasteiger partial charge in [-0.05, 0) is 18.9 Å². The van der Waals surface area contributed by atoms with Crippen LogP contribution in [0.5, 0.6) is 0 Å². The molecule has 1 amide bonds. The number of aromatic amines is 1. The smallest absolute Gasteiger partial charge is 0.254 e. The second-order valence-corrected chi connectivity index (χ2v) is 5.06. The molecule has 2 aromatic heterocycles. The van der Waals surface area contributed by atoms with Crippen LogP contribution in [0.15, 0.2) is 18.5 Å². The third-order valence-corrected chi connectivity index (χ3v) is 3.86. The van der Waals surface area contributed by atoms with E-state index in [1.807, 2.05) is 6.07 Å². The lowest BCUT2D eigenvalue weighted by atomic mass is 10.2. The zero-order valence-electron chi connectivity index (χ0n) is 9.87. The molecule has 0 bridgehead atoms. The molecular formula is C13H14ClN3O. The van der Waals surface area contributed by atoms with Crippen molar-refractivity contribution in [1.29, 1.82) is 0 Å². The normalized spacial score (nSPS) is 16.3. The highest BCUT2D eigenvalue weighted by molar-refractivity contribution is 6.38. The van der Waals surface area contributed by atoms with E-state index < -0.39 is 0 Å². The lowest BCUT2D eigenvalue weighted by Gasteiger charge is -2.12. The first kappa shape index (κ1) is 11.5. The highest BCUT2D eigenvalue weighted by Crippen LogP contribution is 2.25. The molecule has 2 aromatic rings. The SMILES string of the molecule is O=C(NC1CCCC1)c1cnc2[nH]ccc2c1Cl. The fourth-order valence-electron chi connectivity index (χ4n) is 2.47. The van der Waals surface area contributed by atoms with Crippen LogP contribution in [-0.2, 0) is 0 Å².